The fourth-order valence-corrected chi connectivity index (χ4v) is 2.79. The number of nitrogen functional groups attached to an aromatic ring is 1. The van der Waals surface area contributed by atoms with E-state index in [0.29, 0.717) is 0 Å². The molecule has 1 heterocycles. The Hall–Kier alpha value is -2.68. The smallest absolute Gasteiger partial charge is 0.231 e. The molecule has 21 heavy (non-hydrogen) atoms. The lowest BCUT2D eigenvalue weighted by atomic mass is 9.97. The standard InChI is InChI=1S/C18H15NO2/c19-16-7-6-13(8-12-4-2-1-3-5-12)14-9-17-18(10-15(14)16)21-11-20-17/h1-7,9-10H,8,11,19H2. The summed E-state index contributed by atoms with van der Waals surface area (Å²) in [6, 6.07) is 18.5. The Kier molecular flexibility index (Phi) is 2.71. The Bertz CT molecular complexity index is 812. The van der Waals surface area contributed by atoms with E-state index in [-0.39, 0.29) is 6.79 Å². The van der Waals surface area contributed by atoms with Crippen LogP contribution in [-0.2, 0) is 6.42 Å². The van der Waals surface area contributed by atoms with Gasteiger partial charge in [-0.3, -0.25) is 0 Å². The number of ether oxygens (including phenoxy) is 2. The second-order valence-electron chi connectivity index (χ2n) is 5.23. The zero-order valence-corrected chi connectivity index (χ0v) is 11.5. The minimum Gasteiger partial charge on any atom is -0.454 e. The van der Waals surface area contributed by atoms with E-state index in [2.05, 4.69) is 30.3 Å². The van der Waals surface area contributed by atoms with Crippen LogP contribution in [0.15, 0.2) is 54.6 Å². The molecule has 3 aromatic carbocycles. The van der Waals surface area contributed by atoms with Crippen LogP contribution in [0.25, 0.3) is 10.8 Å². The molecular formula is C18H15NO2. The summed E-state index contributed by atoms with van der Waals surface area (Å²) in [6.07, 6.45) is 0.872. The van der Waals surface area contributed by atoms with E-state index in [1.807, 2.05) is 24.3 Å². The van der Waals surface area contributed by atoms with Crippen LogP contribution in [0.4, 0.5) is 5.69 Å². The lowest BCUT2D eigenvalue weighted by molar-refractivity contribution is 0.174. The number of benzene rings is 3. The molecule has 3 heteroatoms. The predicted octanol–water partition coefficient (Wildman–Crippen LogP) is 3.74. The van der Waals surface area contributed by atoms with Gasteiger partial charge in [0.1, 0.15) is 0 Å². The summed E-state index contributed by atoms with van der Waals surface area (Å²) in [7, 11) is 0. The number of hydrogen-bond acceptors (Lipinski definition) is 3. The summed E-state index contributed by atoms with van der Waals surface area (Å²) in [4.78, 5) is 0. The monoisotopic (exact) mass is 277 g/mol. The van der Waals surface area contributed by atoms with Crippen molar-refractivity contribution in [2.45, 2.75) is 6.42 Å². The summed E-state index contributed by atoms with van der Waals surface area (Å²) in [5, 5.41) is 2.15. The van der Waals surface area contributed by atoms with Crippen molar-refractivity contribution in [3.05, 3.63) is 65.7 Å². The first-order valence-corrected chi connectivity index (χ1v) is 6.96. The summed E-state index contributed by atoms with van der Waals surface area (Å²) in [5.41, 5.74) is 9.40. The number of nitrogens with two attached hydrogens (primary N) is 1. The molecule has 3 nitrogen and oxygen atoms in total. The summed E-state index contributed by atoms with van der Waals surface area (Å²) < 4.78 is 10.9. The fraction of sp³-hybridized carbons (Fsp3) is 0.111. The lowest BCUT2D eigenvalue weighted by Crippen LogP contribution is -1.94. The maximum Gasteiger partial charge on any atom is 0.231 e. The zero-order chi connectivity index (χ0) is 14.2. The molecule has 1 aliphatic rings. The third-order valence-corrected chi connectivity index (χ3v) is 3.87. The van der Waals surface area contributed by atoms with Crippen molar-refractivity contribution >= 4 is 16.5 Å². The molecule has 0 saturated carbocycles. The second-order valence-corrected chi connectivity index (χ2v) is 5.23. The van der Waals surface area contributed by atoms with Gasteiger partial charge in [-0.25, -0.2) is 0 Å². The van der Waals surface area contributed by atoms with Crippen LogP contribution in [0.3, 0.4) is 0 Å². The van der Waals surface area contributed by atoms with Gasteiger partial charge in [0.15, 0.2) is 11.5 Å². The minimum atomic E-state index is 0.277. The normalized spacial score (nSPS) is 12.8. The Morgan fingerprint density at radius 1 is 0.857 bits per heavy atom. The van der Waals surface area contributed by atoms with Crippen LogP contribution >= 0.6 is 0 Å². The van der Waals surface area contributed by atoms with E-state index in [4.69, 9.17) is 15.2 Å². The van der Waals surface area contributed by atoms with Crippen LogP contribution in [0.2, 0.25) is 0 Å². The molecule has 0 amide bonds. The van der Waals surface area contributed by atoms with Crippen molar-refractivity contribution in [3.63, 3.8) is 0 Å². The first-order chi connectivity index (χ1) is 10.3. The van der Waals surface area contributed by atoms with Gasteiger partial charge < -0.3 is 15.2 Å². The van der Waals surface area contributed by atoms with Crippen molar-refractivity contribution in [2.24, 2.45) is 0 Å². The van der Waals surface area contributed by atoms with E-state index in [1.54, 1.807) is 0 Å². The van der Waals surface area contributed by atoms with E-state index >= 15 is 0 Å². The highest BCUT2D eigenvalue weighted by atomic mass is 16.7. The van der Waals surface area contributed by atoms with Gasteiger partial charge in [0.2, 0.25) is 6.79 Å². The van der Waals surface area contributed by atoms with Crippen molar-refractivity contribution in [3.8, 4) is 11.5 Å². The van der Waals surface area contributed by atoms with Crippen molar-refractivity contribution in [2.75, 3.05) is 12.5 Å². The molecule has 0 unspecified atom stereocenters. The molecule has 1 aliphatic heterocycles. The van der Waals surface area contributed by atoms with Gasteiger partial charge in [0.25, 0.3) is 0 Å². The molecule has 0 spiro atoms. The van der Waals surface area contributed by atoms with Crippen LogP contribution in [0.5, 0.6) is 11.5 Å². The number of fused-ring (bicyclic) bond motifs is 2. The van der Waals surface area contributed by atoms with Gasteiger partial charge in [0, 0.05) is 11.1 Å². The molecule has 0 bridgehead atoms. The molecule has 0 fully saturated rings. The third-order valence-electron chi connectivity index (χ3n) is 3.87. The zero-order valence-electron chi connectivity index (χ0n) is 11.5. The fourth-order valence-electron chi connectivity index (χ4n) is 2.79. The number of rotatable bonds is 2. The highest BCUT2D eigenvalue weighted by molar-refractivity contribution is 5.97. The lowest BCUT2D eigenvalue weighted by Gasteiger charge is -2.10. The molecule has 0 radical (unpaired) electrons. The molecule has 0 aromatic heterocycles. The average molecular weight is 277 g/mol. The van der Waals surface area contributed by atoms with Gasteiger partial charge in [-0.1, -0.05) is 36.4 Å². The molecular weight excluding hydrogens is 262 g/mol. The van der Waals surface area contributed by atoms with E-state index in [1.165, 1.54) is 11.1 Å². The Morgan fingerprint density at radius 2 is 1.57 bits per heavy atom. The predicted molar refractivity (Wildman–Crippen MR) is 83.7 cm³/mol. The first-order valence-electron chi connectivity index (χ1n) is 6.96. The topological polar surface area (TPSA) is 44.5 Å². The van der Waals surface area contributed by atoms with Crippen molar-refractivity contribution in [1.82, 2.24) is 0 Å². The van der Waals surface area contributed by atoms with E-state index in [9.17, 15) is 0 Å². The quantitative estimate of drug-likeness (QED) is 0.726. The SMILES string of the molecule is Nc1ccc(Cc2ccccc2)c2cc3c(cc12)OCO3. The highest BCUT2D eigenvalue weighted by Crippen LogP contribution is 2.39. The van der Waals surface area contributed by atoms with Crippen LogP contribution in [0.1, 0.15) is 11.1 Å². The summed E-state index contributed by atoms with van der Waals surface area (Å²) >= 11 is 0. The van der Waals surface area contributed by atoms with Gasteiger partial charge >= 0.3 is 0 Å². The summed E-state index contributed by atoms with van der Waals surface area (Å²) in [5.74, 6) is 1.56. The molecule has 2 N–H and O–H groups in total. The molecule has 3 aromatic rings. The molecule has 104 valence electrons. The van der Waals surface area contributed by atoms with E-state index < -0.39 is 0 Å². The molecule has 0 atom stereocenters. The van der Waals surface area contributed by atoms with Gasteiger partial charge in [-0.15, -0.1) is 0 Å². The van der Waals surface area contributed by atoms with Crippen LogP contribution in [0, 0.1) is 0 Å². The maximum atomic E-state index is 6.12. The Labute approximate surface area is 122 Å². The second kappa shape index (κ2) is 4.70. The van der Waals surface area contributed by atoms with Crippen LogP contribution < -0.4 is 15.2 Å². The minimum absolute atomic E-state index is 0.277. The van der Waals surface area contributed by atoms with Gasteiger partial charge in [-0.2, -0.15) is 0 Å². The molecule has 0 aliphatic carbocycles. The number of anilines is 1. The highest BCUT2D eigenvalue weighted by Gasteiger charge is 2.16. The van der Waals surface area contributed by atoms with Crippen LogP contribution in [-0.4, -0.2) is 6.79 Å². The Balaban J connectivity index is 1.87. The van der Waals surface area contributed by atoms with Crippen molar-refractivity contribution < 1.29 is 9.47 Å². The molecule has 4 rings (SSSR count). The first kappa shape index (κ1) is 12.1. The van der Waals surface area contributed by atoms with Crippen molar-refractivity contribution in [1.29, 1.82) is 0 Å². The third kappa shape index (κ3) is 2.07. The van der Waals surface area contributed by atoms with E-state index in [0.717, 1.165) is 34.4 Å². The van der Waals surface area contributed by atoms with Gasteiger partial charge in [-0.05, 0) is 41.1 Å². The number of hydrogen-bond donors (Lipinski definition) is 1. The van der Waals surface area contributed by atoms with Gasteiger partial charge in [0.05, 0.1) is 0 Å². The maximum absolute atomic E-state index is 6.12. The molecule has 0 saturated heterocycles. The summed E-state index contributed by atoms with van der Waals surface area (Å²) in [6.45, 7) is 0.277. The Morgan fingerprint density at radius 3 is 2.33 bits per heavy atom. The average Bonchev–Trinajstić information content (AvgIpc) is 2.97. The largest absolute Gasteiger partial charge is 0.454 e.